The first-order chi connectivity index (χ1) is 46.4. The summed E-state index contributed by atoms with van der Waals surface area (Å²) >= 11 is 0. The van der Waals surface area contributed by atoms with Gasteiger partial charge in [0.15, 0.2) is 12.2 Å². The summed E-state index contributed by atoms with van der Waals surface area (Å²) in [6.45, 7) is 9.60. The van der Waals surface area contributed by atoms with E-state index in [0.29, 0.717) is 25.7 Å². The van der Waals surface area contributed by atoms with E-state index in [9.17, 15) is 43.2 Å². The Kier molecular flexibility index (Phi) is 67.4. The van der Waals surface area contributed by atoms with Gasteiger partial charge in [-0.25, -0.2) is 9.13 Å². The number of aliphatic hydroxyl groups is 1. The SMILES string of the molecule is CCCCCCCCCCCCCCCCCCC(=O)OC[C@H](COP(=O)(O)OC[C@@H](O)COP(=O)(O)OC[C@@H](COC(=O)CCCCCCCCC)OC(=O)CCCCCCCCCCCCCC(C)C)OC(=O)CCCCCCCCCCCCCCCCCCC(C)C. The molecule has 570 valence electrons. The van der Waals surface area contributed by atoms with Crippen LogP contribution in [0.25, 0.3) is 0 Å². The lowest BCUT2D eigenvalue weighted by molar-refractivity contribution is -0.161. The number of carbonyl (C=O) groups excluding carboxylic acids is 4. The molecule has 19 heteroatoms. The molecule has 0 aliphatic carbocycles. The van der Waals surface area contributed by atoms with Crippen LogP contribution in [0.4, 0.5) is 0 Å². The Morgan fingerprint density at radius 1 is 0.281 bits per heavy atom. The fourth-order valence-corrected chi connectivity index (χ4v) is 13.4. The van der Waals surface area contributed by atoms with E-state index in [1.165, 1.54) is 205 Å². The molecule has 0 spiro atoms. The van der Waals surface area contributed by atoms with Crippen molar-refractivity contribution in [2.45, 2.75) is 419 Å². The van der Waals surface area contributed by atoms with Crippen LogP contribution >= 0.6 is 15.6 Å². The smallest absolute Gasteiger partial charge is 0.462 e. The summed E-state index contributed by atoms with van der Waals surface area (Å²) in [5.41, 5.74) is 0. The fraction of sp³-hybridized carbons (Fsp3) is 0.948. The van der Waals surface area contributed by atoms with Gasteiger partial charge in [-0.05, 0) is 37.5 Å². The molecule has 0 aromatic heterocycles. The quantitative estimate of drug-likeness (QED) is 0.0222. The van der Waals surface area contributed by atoms with E-state index < -0.39 is 97.5 Å². The molecular weight excluding hydrogens is 1260 g/mol. The van der Waals surface area contributed by atoms with Crippen LogP contribution in [0.15, 0.2) is 0 Å². The number of hydrogen-bond donors (Lipinski definition) is 3. The zero-order valence-electron chi connectivity index (χ0n) is 62.7. The van der Waals surface area contributed by atoms with Gasteiger partial charge in [-0.1, -0.05) is 350 Å². The summed E-state index contributed by atoms with van der Waals surface area (Å²) in [5, 5.41) is 10.6. The molecule has 0 saturated carbocycles. The zero-order chi connectivity index (χ0) is 70.7. The number of unbranched alkanes of at least 4 members (excludes halogenated alkanes) is 46. The number of aliphatic hydroxyl groups excluding tert-OH is 1. The van der Waals surface area contributed by atoms with E-state index in [0.717, 1.165) is 115 Å². The molecule has 0 amide bonds. The molecule has 0 rings (SSSR count). The summed E-state index contributed by atoms with van der Waals surface area (Å²) in [4.78, 5) is 72.7. The molecule has 2 unspecified atom stereocenters. The maximum absolute atomic E-state index is 13.1. The first kappa shape index (κ1) is 94.1. The second-order valence-electron chi connectivity index (χ2n) is 28.7. The van der Waals surface area contributed by atoms with Crippen LogP contribution < -0.4 is 0 Å². The summed E-state index contributed by atoms with van der Waals surface area (Å²) in [6, 6.07) is 0. The predicted octanol–water partition coefficient (Wildman–Crippen LogP) is 22.7. The van der Waals surface area contributed by atoms with Crippen molar-refractivity contribution in [3.8, 4) is 0 Å². The minimum Gasteiger partial charge on any atom is -0.462 e. The van der Waals surface area contributed by atoms with Crippen molar-refractivity contribution in [2.24, 2.45) is 11.8 Å². The van der Waals surface area contributed by atoms with Crippen molar-refractivity contribution in [1.82, 2.24) is 0 Å². The van der Waals surface area contributed by atoms with Crippen LogP contribution in [-0.4, -0.2) is 96.7 Å². The van der Waals surface area contributed by atoms with E-state index in [4.69, 9.17) is 37.0 Å². The predicted molar refractivity (Wildman–Crippen MR) is 391 cm³/mol. The highest BCUT2D eigenvalue weighted by molar-refractivity contribution is 7.47. The Morgan fingerprint density at radius 3 is 0.708 bits per heavy atom. The number of rotatable bonds is 76. The number of phosphoric acid groups is 2. The van der Waals surface area contributed by atoms with E-state index in [1.54, 1.807) is 0 Å². The minimum atomic E-state index is -4.96. The van der Waals surface area contributed by atoms with Gasteiger partial charge in [0.2, 0.25) is 0 Å². The lowest BCUT2D eigenvalue weighted by atomic mass is 10.0. The number of phosphoric ester groups is 2. The maximum Gasteiger partial charge on any atom is 0.472 e. The highest BCUT2D eigenvalue weighted by Crippen LogP contribution is 2.45. The topological polar surface area (TPSA) is 237 Å². The highest BCUT2D eigenvalue weighted by atomic mass is 31.2. The van der Waals surface area contributed by atoms with Gasteiger partial charge in [0.05, 0.1) is 26.4 Å². The molecule has 96 heavy (non-hydrogen) atoms. The van der Waals surface area contributed by atoms with Crippen LogP contribution in [0.1, 0.15) is 401 Å². The van der Waals surface area contributed by atoms with Gasteiger partial charge in [0.25, 0.3) is 0 Å². The minimum absolute atomic E-state index is 0.106. The van der Waals surface area contributed by atoms with Crippen LogP contribution in [0.5, 0.6) is 0 Å². The lowest BCUT2D eigenvalue weighted by Crippen LogP contribution is -2.30. The van der Waals surface area contributed by atoms with Crippen molar-refractivity contribution in [3.05, 3.63) is 0 Å². The van der Waals surface area contributed by atoms with E-state index in [-0.39, 0.29) is 25.7 Å². The third kappa shape index (κ3) is 70.5. The van der Waals surface area contributed by atoms with Crippen LogP contribution in [0.2, 0.25) is 0 Å². The molecule has 3 N–H and O–H groups in total. The van der Waals surface area contributed by atoms with Crippen molar-refractivity contribution in [1.29, 1.82) is 0 Å². The molecule has 0 aliphatic heterocycles. The Morgan fingerprint density at radius 2 is 0.479 bits per heavy atom. The third-order valence-corrected chi connectivity index (χ3v) is 19.9. The van der Waals surface area contributed by atoms with Gasteiger partial charge >= 0.3 is 39.5 Å². The second kappa shape index (κ2) is 68.8. The number of esters is 4. The van der Waals surface area contributed by atoms with Gasteiger partial charge in [0, 0.05) is 25.7 Å². The molecule has 0 aromatic rings. The fourth-order valence-electron chi connectivity index (χ4n) is 11.8. The summed E-state index contributed by atoms with van der Waals surface area (Å²) in [5.74, 6) is -0.543. The Hall–Kier alpha value is -1.94. The highest BCUT2D eigenvalue weighted by Gasteiger charge is 2.30. The van der Waals surface area contributed by atoms with Gasteiger partial charge in [-0.15, -0.1) is 0 Å². The molecule has 17 nitrogen and oxygen atoms in total. The normalized spacial score (nSPS) is 14.0. The van der Waals surface area contributed by atoms with Crippen LogP contribution in [0, 0.1) is 11.8 Å². The summed E-state index contributed by atoms with van der Waals surface area (Å²) in [6.07, 6.45) is 57.0. The van der Waals surface area contributed by atoms with Crippen LogP contribution in [-0.2, 0) is 65.4 Å². The average Bonchev–Trinajstić information content (AvgIpc) is 2.72. The number of carbonyl (C=O) groups is 4. The molecule has 0 fully saturated rings. The monoisotopic (exact) mass is 1410 g/mol. The van der Waals surface area contributed by atoms with E-state index in [2.05, 4.69) is 41.5 Å². The Bertz CT molecular complexity index is 1860. The molecule has 0 heterocycles. The van der Waals surface area contributed by atoms with Crippen molar-refractivity contribution in [3.63, 3.8) is 0 Å². The van der Waals surface area contributed by atoms with E-state index >= 15 is 0 Å². The second-order valence-corrected chi connectivity index (χ2v) is 31.6. The summed E-state index contributed by atoms with van der Waals surface area (Å²) in [7, 11) is -9.91. The van der Waals surface area contributed by atoms with Gasteiger partial charge in [-0.3, -0.25) is 37.3 Å². The largest absolute Gasteiger partial charge is 0.472 e. The van der Waals surface area contributed by atoms with Crippen molar-refractivity contribution in [2.75, 3.05) is 39.6 Å². The molecular formula is C77H150O17P2. The molecule has 0 saturated heterocycles. The van der Waals surface area contributed by atoms with Crippen LogP contribution in [0.3, 0.4) is 0 Å². The summed E-state index contributed by atoms with van der Waals surface area (Å²) < 4.78 is 68.5. The molecule has 0 aliphatic rings. The zero-order valence-corrected chi connectivity index (χ0v) is 64.5. The first-order valence-corrected chi connectivity index (χ1v) is 43.0. The van der Waals surface area contributed by atoms with E-state index in [1.807, 2.05) is 0 Å². The third-order valence-electron chi connectivity index (χ3n) is 18.0. The Balaban J connectivity index is 5.19. The maximum atomic E-state index is 13.1. The van der Waals surface area contributed by atoms with Crippen molar-refractivity contribution < 1.29 is 80.2 Å². The van der Waals surface area contributed by atoms with Gasteiger partial charge < -0.3 is 33.8 Å². The average molecular weight is 1410 g/mol. The standard InChI is InChI=1S/C77H150O17P2/c1-7-9-11-13-15-16-17-18-19-23-26-31-36-42-48-54-60-75(80)88-66-73(94-76(81)61-55-49-43-37-32-27-24-21-20-22-25-29-34-40-45-51-57-69(3)4)68-92-96(85,86)90-64-71(78)63-89-95(83,84)91-67-72(65-87-74(79)59-53-47-39-14-12-10-8-2)93-77(82)62-56-50-44-38-33-28-30-35-41-46-52-58-70(5)6/h69-73,78H,7-68H2,1-6H3,(H,83,84)(H,85,86)/t71-,72+,73+/m0/s1. The molecule has 5 atom stereocenters. The Labute approximate surface area is 588 Å². The van der Waals surface area contributed by atoms with Crippen molar-refractivity contribution >= 4 is 39.5 Å². The first-order valence-electron chi connectivity index (χ1n) is 40.0. The van der Waals surface area contributed by atoms with Gasteiger partial charge in [0.1, 0.15) is 19.3 Å². The number of ether oxygens (including phenoxy) is 4. The van der Waals surface area contributed by atoms with Gasteiger partial charge in [-0.2, -0.15) is 0 Å². The lowest BCUT2D eigenvalue weighted by Gasteiger charge is -2.21. The number of hydrogen-bond acceptors (Lipinski definition) is 15. The molecule has 0 radical (unpaired) electrons. The molecule has 0 bridgehead atoms. The molecule has 0 aromatic carbocycles.